The number of nitriles is 1. The van der Waals surface area contributed by atoms with Gasteiger partial charge in [-0.25, -0.2) is 4.79 Å². The molecule has 3 rings (SSSR count). The number of primary amides is 1. The zero-order valence-corrected chi connectivity index (χ0v) is 18.3. The number of alkyl halides is 3. The topological polar surface area (TPSA) is 120 Å². The number of amides is 1. The van der Waals surface area contributed by atoms with Gasteiger partial charge >= 0.3 is 12.1 Å². The quantitative estimate of drug-likeness (QED) is 0.638. The molecular weight excluding hydrogens is 449 g/mol. The molecule has 2 atom stereocenters. The molecule has 1 amide bonds. The van der Waals surface area contributed by atoms with Crippen LogP contribution in [0.15, 0.2) is 59.8 Å². The Kier molecular flexibility index (Phi) is 6.77. The SMILES string of the molecule is CCOC(=O)C1=C(C)N(c2cccc(C(F)(F)F)c2)C(=N)C(C(N)=O)C1c1ccc(C#N)cc1. The highest BCUT2D eigenvalue weighted by Gasteiger charge is 2.46. The van der Waals surface area contributed by atoms with E-state index in [-0.39, 0.29) is 29.4 Å². The number of benzene rings is 2. The van der Waals surface area contributed by atoms with Crippen LogP contribution in [0.5, 0.6) is 0 Å². The van der Waals surface area contributed by atoms with Crippen LogP contribution in [0.25, 0.3) is 0 Å². The number of nitrogens with zero attached hydrogens (tertiary/aromatic N) is 2. The van der Waals surface area contributed by atoms with Crippen molar-refractivity contribution in [2.75, 3.05) is 11.5 Å². The molecule has 0 fully saturated rings. The summed E-state index contributed by atoms with van der Waals surface area (Å²) >= 11 is 0. The molecule has 0 bridgehead atoms. The van der Waals surface area contributed by atoms with E-state index in [1.807, 2.05) is 6.07 Å². The fourth-order valence-corrected chi connectivity index (χ4v) is 4.05. The van der Waals surface area contributed by atoms with Crippen molar-refractivity contribution >= 4 is 23.4 Å². The van der Waals surface area contributed by atoms with Crippen molar-refractivity contribution in [3.8, 4) is 6.07 Å². The second kappa shape index (κ2) is 9.39. The normalized spacial score (nSPS) is 18.5. The Labute approximate surface area is 193 Å². The van der Waals surface area contributed by atoms with Gasteiger partial charge in [-0.1, -0.05) is 18.2 Å². The summed E-state index contributed by atoms with van der Waals surface area (Å²) in [6.45, 7) is 3.07. The van der Waals surface area contributed by atoms with Crippen LogP contribution >= 0.6 is 0 Å². The zero-order chi connectivity index (χ0) is 25.2. The average Bonchev–Trinajstić information content (AvgIpc) is 2.78. The highest BCUT2D eigenvalue weighted by Crippen LogP contribution is 2.43. The van der Waals surface area contributed by atoms with Gasteiger partial charge in [0.2, 0.25) is 5.91 Å². The predicted molar refractivity (Wildman–Crippen MR) is 118 cm³/mol. The molecule has 7 nitrogen and oxygen atoms in total. The first kappa shape index (κ1) is 24.5. The van der Waals surface area contributed by atoms with Crippen molar-refractivity contribution in [2.24, 2.45) is 11.7 Å². The number of halogens is 3. The van der Waals surface area contributed by atoms with E-state index >= 15 is 0 Å². The maximum atomic E-state index is 13.3. The Hall–Kier alpha value is -4.13. The Morgan fingerprint density at radius 3 is 2.38 bits per heavy atom. The highest BCUT2D eigenvalue weighted by atomic mass is 19.4. The lowest BCUT2D eigenvalue weighted by atomic mass is 9.75. The van der Waals surface area contributed by atoms with Gasteiger partial charge in [0, 0.05) is 17.3 Å². The van der Waals surface area contributed by atoms with Gasteiger partial charge in [-0.2, -0.15) is 18.4 Å². The van der Waals surface area contributed by atoms with Crippen molar-refractivity contribution in [1.82, 2.24) is 0 Å². The number of esters is 1. The molecule has 0 saturated heterocycles. The summed E-state index contributed by atoms with van der Waals surface area (Å²) in [6, 6.07) is 12.3. The number of nitrogens with two attached hydrogens (primary N) is 1. The van der Waals surface area contributed by atoms with E-state index in [4.69, 9.17) is 21.1 Å². The number of hydrogen-bond donors (Lipinski definition) is 2. The van der Waals surface area contributed by atoms with Gasteiger partial charge in [0.05, 0.1) is 29.4 Å². The first-order chi connectivity index (χ1) is 16.0. The largest absolute Gasteiger partial charge is 0.463 e. The molecule has 2 aromatic carbocycles. The van der Waals surface area contributed by atoms with Crippen molar-refractivity contribution in [3.63, 3.8) is 0 Å². The van der Waals surface area contributed by atoms with E-state index in [0.717, 1.165) is 17.0 Å². The number of hydrogen-bond acceptors (Lipinski definition) is 5. The molecule has 1 aliphatic heterocycles. The van der Waals surface area contributed by atoms with Crippen molar-refractivity contribution in [3.05, 3.63) is 76.5 Å². The zero-order valence-electron chi connectivity index (χ0n) is 18.3. The van der Waals surface area contributed by atoms with Crippen LogP contribution in [0, 0.1) is 22.7 Å². The van der Waals surface area contributed by atoms with Crippen LogP contribution in [-0.4, -0.2) is 24.3 Å². The van der Waals surface area contributed by atoms with Gasteiger partial charge in [-0.3, -0.25) is 10.2 Å². The Morgan fingerprint density at radius 2 is 1.85 bits per heavy atom. The van der Waals surface area contributed by atoms with Crippen LogP contribution in [0.3, 0.4) is 0 Å². The lowest BCUT2D eigenvalue weighted by Gasteiger charge is -2.40. The number of rotatable bonds is 5. The molecule has 3 N–H and O–H groups in total. The van der Waals surface area contributed by atoms with Gasteiger partial charge in [0.15, 0.2) is 0 Å². The summed E-state index contributed by atoms with van der Waals surface area (Å²) in [7, 11) is 0. The molecule has 10 heteroatoms. The molecule has 0 aliphatic carbocycles. The van der Waals surface area contributed by atoms with E-state index in [1.165, 1.54) is 31.2 Å². The molecule has 0 aromatic heterocycles. The Balaban J connectivity index is 2.29. The van der Waals surface area contributed by atoms with Crippen LogP contribution < -0.4 is 10.6 Å². The molecule has 1 aliphatic rings. The van der Waals surface area contributed by atoms with E-state index in [0.29, 0.717) is 11.1 Å². The van der Waals surface area contributed by atoms with Gasteiger partial charge in [0.1, 0.15) is 11.8 Å². The molecule has 176 valence electrons. The molecule has 0 saturated carbocycles. The van der Waals surface area contributed by atoms with Gasteiger partial charge < -0.3 is 15.4 Å². The number of ether oxygens (including phenoxy) is 1. The first-order valence-electron chi connectivity index (χ1n) is 10.2. The molecular formula is C24H21F3N4O3. The predicted octanol–water partition coefficient (Wildman–Crippen LogP) is 4.10. The van der Waals surface area contributed by atoms with Crippen molar-refractivity contribution < 1.29 is 27.5 Å². The summed E-state index contributed by atoms with van der Waals surface area (Å²) in [5, 5.41) is 17.8. The fraction of sp³-hybridized carbons (Fsp3) is 0.250. The summed E-state index contributed by atoms with van der Waals surface area (Å²) in [4.78, 5) is 26.7. The van der Waals surface area contributed by atoms with Gasteiger partial charge in [-0.15, -0.1) is 0 Å². The van der Waals surface area contributed by atoms with Gasteiger partial charge in [-0.05, 0) is 49.7 Å². The second-order valence-corrected chi connectivity index (χ2v) is 7.58. The second-order valence-electron chi connectivity index (χ2n) is 7.58. The highest BCUT2D eigenvalue weighted by molar-refractivity contribution is 6.15. The Morgan fingerprint density at radius 1 is 1.21 bits per heavy atom. The lowest BCUT2D eigenvalue weighted by molar-refractivity contribution is -0.139. The van der Waals surface area contributed by atoms with E-state index in [1.54, 1.807) is 19.1 Å². The molecule has 0 spiro atoms. The summed E-state index contributed by atoms with van der Waals surface area (Å²) in [5.41, 5.74) is 5.54. The third-order valence-electron chi connectivity index (χ3n) is 5.54. The number of allylic oxidation sites excluding steroid dienone is 1. The van der Waals surface area contributed by atoms with Gasteiger partial charge in [0.25, 0.3) is 0 Å². The van der Waals surface area contributed by atoms with Crippen LogP contribution in [0.2, 0.25) is 0 Å². The maximum Gasteiger partial charge on any atom is 0.416 e. The van der Waals surface area contributed by atoms with Crippen LogP contribution in [0.1, 0.15) is 36.5 Å². The lowest BCUT2D eigenvalue weighted by Crippen LogP contribution is -2.49. The standard InChI is InChI=1S/C24H21F3N4O3/c1-3-34-23(33)18-13(2)31(17-6-4-5-16(11-17)24(25,26)27)21(29)20(22(30)32)19(18)15-9-7-14(12-28)8-10-15/h4-11,19-20,29H,3H2,1-2H3,(H2,30,32). The number of amidine groups is 1. The van der Waals surface area contributed by atoms with Crippen molar-refractivity contribution in [2.45, 2.75) is 25.9 Å². The van der Waals surface area contributed by atoms with E-state index in [9.17, 15) is 22.8 Å². The molecule has 2 aromatic rings. The summed E-state index contributed by atoms with van der Waals surface area (Å²) in [6.07, 6.45) is -4.64. The molecule has 1 heterocycles. The number of nitrogens with one attached hydrogen (secondary N) is 1. The van der Waals surface area contributed by atoms with Crippen LogP contribution in [-0.2, 0) is 20.5 Å². The molecule has 0 radical (unpaired) electrons. The smallest absolute Gasteiger partial charge is 0.416 e. The molecule has 34 heavy (non-hydrogen) atoms. The number of carbonyl (C=O) groups is 2. The molecule has 2 unspecified atom stereocenters. The van der Waals surface area contributed by atoms with Crippen molar-refractivity contribution in [1.29, 1.82) is 10.7 Å². The minimum absolute atomic E-state index is 0.0104. The third kappa shape index (κ3) is 4.50. The average molecular weight is 470 g/mol. The maximum absolute atomic E-state index is 13.3. The summed E-state index contributed by atoms with van der Waals surface area (Å²) < 4.78 is 45.2. The van der Waals surface area contributed by atoms with E-state index in [2.05, 4.69) is 0 Å². The Bertz CT molecular complexity index is 1210. The first-order valence-corrected chi connectivity index (χ1v) is 10.2. The third-order valence-corrected chi connectivity index (χ3v) is 5.54. The monoisotopic (exact) mass is 470 g/mol. The van der Waals surface area contributed by atoms with E-state index < -0.39 is 35.5 Å². The number of carbonyl (C=O) groups excluding carboxylic acids is 2. The number of anilines is 1. The van der Waals surface area contributed by atoms with Crippen LogP contribution in [0.4, 0.5) is 18.9 Å². The fourth-order valence-electron chi connectivity index (χ4n) is 4.05. The summed E-state index contributed by atoms with van der Waals surface area (Å²) in [5.74, 6) is -4.52. The minimum Gasteiger partial charge on any atom is -0.463 e. The minimum atomic E-state index is -4.64.